The number of amides is 1. The molecule has 1 atom stereocenters. The molecule has 156 valence electrons. The molecule has 7 nitrogen and oxygen atoms in total. The number of aromatic nitrogens is 1. The lowest BCUT2D eigenvalue weighted by molar-refractivity contribution is -0.142. The molecular weight excluding hydrogens is 382 g/mol. The Hall–Kier alpha value is -3.06. The highest BCUT2D eigenvalue weighted by atomic mass is 16.6. The van der Waals surface area contributed by atoms with Crippen molar-refractivity contribution in [1.29, 1.82) is 0 Å². The summed E-state index contributed by atoms with van der Waals surface area (Å²) in [4.78, 5) is 17.1. The molecule has 0 bridgehead atoms. The highest BCUT2D eigenvalue weighted by molar-refractivity contribution is 5.82. The maximum atomic E-state index is 12.9. The van der Waals surface area contributed by atoms with Gasteiger partial charge in [0.2, 0.25) is 6.10 Å². The minimum Gasteiger partial charge on any atom is -0.485 e. The quantitative estimate of drug-likeness (QED) is 0.662. The molecule has 0 N–H and O–H groups in total. The molecule has 0 radical (unpaired) electrons. The fraction of sp³-hybridized carbons (Fsp3) is 0.391. The van der Waals surface area contributed by atoms with E-state index in [1.165, 1.54) is 0 Å². The lowest BCUT2D eigenvalue weighted by Gasteiger charge is -2.38. The summed E-state index contributed by atoms with van der Waals surface area (Å²) in [6.07, 6.45) is 1.26. The first-order valence-corrected chi connectivity index (χ1v) is 10.4. The van der Waals surface area contributed by atoms with Crippen LogP contribution in [0.25, 0.3) is 11.0 Å². The third-order valence-corrected chi connectivity index (χ3v) is 6.03. The Morgan fingerprint density at radius 3 is 2.67 bits per heavy atom. The first-order chi connectivity index (χ1) is 14.7. The van der Waals surface area contributed by atoms with Crippen LogP contribution in [0.5, 0.6) is 11.5 Å². The molecule has 0 spiro atoms. The fourth-order valence-corrected chi connectivity index (χ4v) is 4.29. The molecule has 1 aromatic heterocycles. The lowest BCUT2D eigenvalue weighted by atomic mass is 10.0. The molecular formula is C23H25N3O4. The van der Waals surface area contributed by atoms with Crippen molar-refractivity contribution in [3.8, 4) is 11.5 Å². The zero-order valence-electron chi connectivity index (χ0n) is 17.0. The summed E-state index contributed by atoms with van der Waals surface area (Å²) >= 11 is 0. The lowest BCUT2D eigenvalue weighted by Crippen LogP contribution is -2.51. The number of benzene rings is 2. The van der Waals surface area contributed by atoms with Gasteiger partial charge in [-0.1, -0.05) is 29.4 Å². The van der Waals surface area contributed by atoms with Crippen LogP contribution in [0, 0.1) is 0 Å². The van der Waals surface area contributed by atoms with Gasteiger partial charge in [0.1, 0.15) is 12.3 Å². The minimum atomic E-state index is -0.573. The number of para-hydroxylation sites is 3. The average molecular weight is 407 g/mol. The van der Waals surface area contributed by atoms with Crippen molar-refractivity contribution in [3.05, 3.63) is 54.2 Å². The second kappa shape index (κ2) is 7.99. The molecule has 1 saturated heterocycles. The van der Waals surface area contributed by atoms with Crippen LogP contribution in [-0.4, -0.2) is 59.8 Å². The molecule has 3 aromatic rings. The van der Waals surface area contributed by atoms with Crippen LogP contribution in [0.15, 0.2) is 53.1 Å². The molecule has 1 fully saturated rings. The predicted molar refractivity (Wildman–Crippen MR) is 111 cm³/mol. The van der Waals surface area contributed by atoms with E-state index in [1.807, 2.05) is 53.4 Å². The van der Waals surface area contributed by atoms with E-state index >= 15 is 0 Å². The molecule has 30 heavy (non-hydrogen) atoms. The number of likely N-dealkylation sites (tertiary alicyclic amines) is 1. The predicted octanol–water partition coefficient (Wildman–Crippen LogP) is 3.09. The van der Waals surface area contributed by atoms with Gasteiger partial charge in [0, 0.05) is 31.1 Å². The zero-order chi connectivity index (χ0) is 20.5. The average Bonchev–Trinajstić information content (AvgIpc) is 3.21. The Labute approximate surface area is 175 Å². The van der Waals surface area contributed by atoms with Crippen LogP contribution in [0.2, 0.25) is 0 Å². The van der Waals surface area contributed by atoms with Crippen molar-refractivity contribution in [2.45, 2.75) is 31.5 Å². The summed E-state index contributed by atoms with van der Waals surface area (Å²) in [5.41, 5.74) is 1.77. The van der Waals surface area contributed by atoms with E-state index in [0.29, 0.717) is 17.5 Å². The van der Waals surface area contributed by atoms with Crippen LogP contribution in [0.3, 0.4) is 0 Å². The summed E-state index contributed by atoms with van der Waals surface area (Å²) in [6, 6.07) is 15.8. The van der Waals surface area contributed by atoms with Crippen LogP contribution in [-0.2, 0) is 11.3 Å². The van der Waals surface area contributed by atoms with Gasteiger partial charge in [-0.2, -0.15) is 0 Å². The van der Waals surface area contributed by atoms with Crippen molar-refractivity contribution in [2.75, 3.05) is 26.7 Å². The fourth-order valence-electron chi connectivity index (χ4n) is 4.29. The highest BCUT2D eigenvalue weighted by Crippen LogP contribution is 2.31. The second-order valence-corrected chi connectivity index (χ2v) is 7.96. The summed E-state index contributed by atoms with van der Waals surface area (Å²) in [5, 5.41) is 5.30. The van der Waals surface area contributed by atoms with Crippen LogP contribution >= 0.6 is 0 Å². The van der Waals surface area contributed by atoms with Crippen molar-refractivity contribution >= 4 is 16.9 Å². The Bertz CT molecular complexity index is 1040. The summed E-state index contributed by atoms with van der Waals surface area (Å²) < 4.78 is 17.0. The van der Waals surface area contributed by atoms with Crippen LogP contribution in [0.4, 0.5) is 0 Å². The first-order valence-electron chi connectivity index (χ1n) is 10.4. The summed E-state index contributed by atoms with van der Waals surface area (Å²) in [6.45, 7) is 2.42. The van der Waals surface area contributed by atoms with Gasteiger partial charge in [-0.15, -0.1) is 0 Å². The number of hydrogen-bond acceptors (Lipinski definition) is 6. The second-order valence-electron chi connectivity index (χ2n) is 7.96. The van der Waals surface area contributed by atoms with Crippen LogP contribution < -0.4 is 9.47 Å². The van der Waals surface area contributed by atoms with E-state index in [1.54, 1.807) is 0 Å². The number of nitrogens with zero attached hydrogens (tertiary/aromatic N) is 3. The Kier molecular flexibility index (Phi) is 5.04. The topological polar surface area (TPSA) is 68.0 Å². The maximum Gasteiger partial charge on any atom is 0.267 e. The minimum absolute atomic E-state index is 0.00750. The molecule has 0 saturated carbocycles. The van der Waals surface area contributed by atoms with Gasteiger partial charge in [-0.05, 0) is 44.2 Å². The molecule has 2 aromatic carbocycles. The molecule has 5 rings (SSSR count). The van der Waals surface area contributed by atoms with Gasteiger partial charge in [-0.25, -0.2) is 0 Å². The molecule has 3 heterocycles. The number of fused-ring (bicyclic) bond motifs is 2. The molecule has 1 unspecified atom stereocenters. The normalized spacial score (nSPS) is 19.4. The van der Waals surface area contributed by atoms with E-state index in [-0.39, 0.29) is 12.5 Å². The van der Waals surface area contributed by atoms with Gasteiger partial charge in [-0.3, -0.25) is 9.69 Å². The molecule has 1 amide bonds. The molecule has 7 heteroatoms. The van der Waals surface area contributed by atoms with Crippen molar-refractivity contribution in [3.63, 3.8) is 0 Å². The number of carbonyl (C=O) groups excluding carboxylic acids is 1. The third-order valence-electron chi connectivity index (χ3n) is 6.03. The number of ether oxygens (including phenoxy) is 2. The molecule has 2 aliphatic heterocycles. The molecule has 2 aliphatic rings. The standard InChI is InChI=1S/C23H25N3O4/c1-25(14-18-17-6-2-3-7-19(17)30-24-18)16-10-12-26(13-11-16)23(27)22-15-28-20-8-4-5-9-21(20)29-22/h2-9,16,22H,10-15H2,1H3. The maximum absolute atomic E-state index is 12.9. The van der Waals surface area contributed by atoms with E-state index in [0.717, 1.165) is 49.1 Å². The largest absolute Gasteiger partial charge is 0.485 e. The monoisotopic (exact) mass is 407 g/mol. The first kappa shape index (κ1) is 18.9. The number of piperidine rings is 1. The van der Waals surface area contributed by atoms with E-state index in [9.17, 15) is 4.79 Å². The van der Waals surface area contributed by atoms with Crippen molar-refractivity contribution in [2.24, 2.45) is 0 Å². The SMILES string of the molecule is CN(Cc1noc2ccccc12)C1CCN(C(=O)C2COc3ccccc3O2)CC1. The van der Waals surface area contributed by atoms with Crippen LogP contribution in [0.1, 0.15) is 18.5 Å². The third kappa shape index (κ3) is 3.61. The molecule has 0 aliphatic carbocycles. The summed E-state index contributed by atoms with van der Waals surface area (Å²) in [5.74, 6) is 1.34. The van der Waals surface area contributed by atoms with Crippen molar-refractivity contribution < 1.29 is 18.8 Å². The number of hydrogen-bond donors (Lipinski definition) is 0. The van der Waals surface area contributed by atoms with Gasteiger partial charge in [0.05, 0.1) is 0 Å². The Morgan fingerprint density at radius 2 is 1.83 bits per heavy atom. The highest BCUT2D eigenvalue weighted by Gasteiger charge is 2.33. The Morgan fingerprint density at radius 1 is 1.10 bits per heavy atom. The van der Waals surface area contributed by atoms with Gasteiger partial charge < -0.3 is 18.9 Å². The Balaban J connectivity index is 1.17. The summed E-state index contributed by atoms with van der Waals surface area (Å²) in [7, 11) is 2.11. The van der Waals surface area contributed by atoms with E-state index in [4.69, 9.17) is 14.0 Å². The van der Waals surface area contributed by atoms with Gasteiger partial charge in [0.25, 0.3) is 5.91 Å². The van der Waals surface area contributed by atoms with E-state index < -0.39 is 6.10 Å². The van der Waals surface area contributed by atoms with E-state index in [2.05, 4.69) is 17.1 Å². The van der Waals surface area contributed by atoms with Gasteiger partial charge in [0.15, 0.2) is 17.1 Å². The van der Waals surface area contributed by atoms with Gasteiger partial charge >= 0.3 is 0 Å². The zero-order valence-corrected chi connectivity index (χ0v) is 17.0. The smallest absolute Gasteiger partial charge is 0.267 e. The number of rotatable bonds is 4. The van der Waals surface area contributed by atoms with Crippen molar-refractivity contribution in [1.82, 2.24) is 15.0 Å². The number of carbonyl (C=O) groups is 1.